The molecule has 1 aromatic rings. The summed E-state index contributed by atoms with van der Waals surface area (Å²) in [6.07, 6.45) is 3.02. The molecule has 1 atom stereocenters. The molecular formula is C16H22N2O3. The molecule has 2 aliphatic rings. The van der Waals surface area contributed by atoms with E-state index in [4.69, 9.17) is 9.47 Å². The lowest BCUT2D eigenvalue weighted by atomic mass is 10.0. The number of rotatable bonds is 6. The SMILES string of the molecule is COc1ccc2c(c1)C(NCCNC(=O)C1CC1)CCO2. The molecule has 0 saturated heterocycles. The summed E-state index contributed by atoms with van der Waals surface area (Å²) in [5.41, 5.74) is 1.13. The Morgan fingerprint density at radius 1 is 1.33 bits per heavy atom. The number of carbonyl (C=O) groups is 1. The van der Waals surface area contributed by atoms with Gasteiger partial charge in [0.1, 0.15) is 11.5 Å². The van der Waals surface area contributed by atoms with Gasteiger partial charge in [-0.2, -0.15) is 0 Å². The molecule has 3 rings (SSSR count). The Bertz CT molecular complexity index is 514. The van der Waals surface area contributed by atoms with Crippen LogP contribution in [0, 0.1) is 5.92 Å². The van der Waals surface area contributed by atoms with Crippen molar-refractivity contribution in [1.82, 2.24) is 10.6 Å². The maximum Gasteiger partial charge on any atom is 0.223 e. The second-order valence-electron chi connectivity index (χ2n) is 5.61. The van der Waals surface area contributed by atoms with Gasteiger partial charge in [-0.05, 0) is 31.0 Å². The van der Waals surface area contributed by atoms with Crippen LogP contribution in [0.25, 0.3) is 0 Å². The van der Waals surface area contributed by atoms with E-state index in [-0.39, 0.29) is 17.9 Å². The maximum absolute atomic E-state index is 11.6. The number of carbonyl (C=O) groups excluding carboxylic acids is 1. The van der Waals surface area contributed by atoms with Gasteiger partial charge in [-0.1, -0.05) is 0 Å². The van der Waals surface area contributed by atoms with Crippen molar-refractivity contribution in [2.75, 3.05) is 26.8 Å². The van der Waals surface area contributed by atoms with E-state index in [1.165, 1.54) is 0 Å². The first-order valence-electron chi connectivity index (χ1n) is 7.60. The molecule has 1 aliphatic heterocycles. The highest BCUT2D eigenvalue weighted by Gasteiger charge is 2.29. The van der Waals surface area contributed by atoms with Crippen LogP contribution >= 0.6 is 0 Å². The van der Waals surface area contributed by atoms with Crippen molar-refractivity contribution >= 4 is 5.91 Å². The molecule has 0 spiro atoms. The Balaban J connectivity index is 1.53. The van der Waals surface area contributed by atoms with Crippen LogP contribution < -0.4 is 20.1 Å². The van der Waals surface area contributed by atoms with Crippen LogP contribution in [-0.2, 0) is 4.79 Å². The zero-order chi connectivity index (χ0) is 14.7. The first-order chi connectivity index (χ1) is 10.3. The van der Waals surface area contributed by atoms with Crippen LogP contribution in [0.2, 0.25) is 0 Å². The molecule has 0 aromatic heterocycles. The topological polar surface area (TPSA) is 59.6 Å². The van der Waals surface area contributed by atoms with Crippen LogP contribution in [0.15, 0.2) is 18.2 Å². The van der Waals surface area contributed by atoms with Gasteiger partial charge in [-0.25, -0.2) is 0 Å². The van der Waals surface area contributed by atoms with Gasteiger partial charge >= 0.3 is 0 Å². The van der Waals surface area contributed by atoms with Gasteiger partial charge in [0.05, 0.1) is 13.7 Å². The normalized spacial score (nSPS) is 20.3. The van der Waals surface area contributed by atoms with E-state index in [0.29, 0.717) is 13.2 Å². The average Bonchev–Trinajstić information content (AvgIpc) is 3.35. The summed E-state index contributed by atoms with van der Waals surface area (Å²) < 4.78 is 11.0. The summed E-state index contributed by atoms with van der Waals surface area (Å²) in [6, 6.07) is 6.14. The third kappa shape index (κ3) is 3.47. The quantitative estimate of drug-likeness (QED) is 0.782. The molecule has 5 nitrogen and oxygen atoms in total. The van der Waals surface area contributed by atoms with Gasteiger partial charge in [-0.15, -0.1) is 0 Å². The zero-order valence-corrected chi connectivity index (χ0v) is 12.4. The lowest BCUT2D eigenvalue weighted by Gasteiger charge is -2.27. The Labute approximate surface area is 125 Å². The van der Waals surface area contributed by atoms with E-state index in [1.807, 2.05) is 18.2 Å². The standard InChI is InChI=1S/C16H22N2O3/c1-20-12-4-5-15-13(10-12)14(6-9-21-15)17-7-8-18-16(19)11-2-3-11/h4-5,10-11,14,17H,2-3,6-9H2,1H3,(H,18,19). The molecule has 0 radical (unpaired) electrons. The molecular weight excluding hydrogens is 268 g/mol. The third-order valence-corrected chi connectivity index (χ3v) is 4.02. The molecule has 2 N–H and O–H groups in total. The number of fused-ring (bicyclic) bond motifs is 1. The van der Waals surface area contributed by atoms with E-state index in [1.54, 1.807) is 7.11 Å². The number of amides is 1. The minimum atomic E-state index is 0.200. The van der Waals surface area contributed by atoms with Gasteiger partial charge in [0.2, 0.25) is 5.91 Å². The highest BCUT2D eigenvalue weighted by molar-refractivity contribution is 5.80. The first kappa shape index (κ1) is 14.2. The van der Waals surface area contributed by atoms with Crippen LogP contribution in [0.1, 0.15) is 30.9 Å². The fraction of sp³-hybridized carbons (Fsp3) is 0.562. The summed E-state index contributed by atoms with van der Waals surface area (Å²) in [5, 5.41) is 6.47. The Kier molecular flexibility index (Phi) is 4.29. The van der Waals surface area contributed by atoms with Crippen LogP contribution in [0.3, 0.4) is 0 Å². The summed E-state index contributed by atoms with van der Waals surface area (Å²) in [5.74, 6) is 2.23. The van der Waals surface area contributed by atoms with Gasteiger partial charge in [0, 0.05) is 37.0 Å². The average molecular weight is 290 g/mol. The van der Waals surface area contributed by atoms with E-state index in [0.717, 1.165) is 42.9 Å². The number of hydrogen-bond acceptors (Lipinski definition) is 4. The molecule has 0 bridgehead atoms. The highest BCUT2D eigenvalue weighted by atomic mass is 16.5. The minimum absolute atomic E-state index is 0.200. The number of ether oxygens (including phenoxy) is 2. The second kappa shape index (κ2) is 6.35. The van der Waals surface area contributed by atoms with Crippen molar-refractivity contribution in [3.05, 3.63) is 23.8 Å². The number of hydrogen-bond donors (Lipinski definition) is 2. The van der Waals surface area contributed by atoms with E-state index < -0.39 is 0 Å². The van der Waals surface area contributed by atoms with Gasteiger partial charge in [-0.3, -0.25) is 4.79 Å². The molecule has 5 heteroatoms. The molecule has 1 aliphatic carbocycles. The summed E-state index contributed by atoms with van der Waals surface area (Å²) in [7, 11) is 1.67. The third-order valence-electron chi connectivity index (χ3n) is 4.02. The first-order valence-corrected chi connectivity index (χ1v) is 7.60. The number of benzene rings is 1. The van der Waals surface area contributed by atoms with Crippen LogP contribution in [-0.4, -0.2) is 32.7 Å². The van der Waals surface area contributed by atoms with Crippen molar-refractivity contribution in [3.8, 4) is 11.5 Å². The summed E-state index contributed by atoms with van der Waals surface area (Å²) in [4.78, 5) is 11.6. The van der Waals surface area contributed by atoms with Crippen molar-refractivity contribution < 1.29 is 14.3 Å². The molecule has 1 heterocycles. The van der Waals surface area contributed by atoms with Gasteiger partial charge in [0.25, 0.3) is 0 Å². The predicted molar refractivity (Wildman–Crippen MR) is 79.6 cm³/mol. The van der Waals surface area contributed by atoms with Crippen molar-refractivity contribution in [3.63, 3.8) is 0 Å². The van der Waals surface area contributed by atoms with Crippen molar-refractivity contribution in [1.29, 1.82) is 0 Å². The molecule has 21 heavy (non-hydrogen) atoms. The molecule has 1 unspecified atom stereocenters. The maximum atomic E-state index is 11.6. The van der Waals surface area contributed by atoms with E-state index in [9.17, 15) is 4.79 Å². The number of methoxy groups -OCH3 is 1. The number of nitrogens with one attached hydrogen (secondary N) is 2. The lowest BCUT2D eigenvalue weighted by molar-refractivity contribution is -0.122. The zero-order valence-electron chi connectivity index (χ0n) is 12.4. The molecule has 1 aromatic carbocycles. The summed E-state index contributed by atoms with van der Waals surface area (Å²) >= 11 is 0. The van der Waals surface area contributed by atoms with Crippen molar-refractivity contribution in [2.45, 2.75) is 25.3 Å². The smallest absolute Gasteiger partial charge is 0.223 e. The largest absolute Gasteiger partial charge is 0.497 e. The van der Waals surface area contributed by atoms with E-state index >= 15 is 0 Å². The predicted octanol–water partition coefficient (Wildman–Crippen LogP) is 1.63. The lowest BCUT2D eigenvalue weighted by Crippen LogP contribution is -2.35. The van der Waals surface area contributed by atoms with Gasteiger partial charge in [0.15, 0.2) is 0 Å². The van der Waals surface area contributed by atoms with Crippen molar-refractivity contribution in [2.24, 2.45) is 5.92 Å². The fourth-order valence-electron chi connectivity index (χ4n) is 2.63. The van der Waals surface area contributed by atoms with Crippen LogP contribution in [0.4, 0.5) is 0 Å². The Morgan fingerprint density at radius 2 is 2.19 bits per heavy atom. The van der Waals surface area contributed by atoms with Crippen LogP contribution in [0.5, 0.6) is 11.5 Å². The monoisotopic (exact) mass is 290 g/mol. The molecule has 1 fully saturated rings. The second-order valence-corrected chi connectivity index (χ2v) is 5.61. The summed E-state index contributed by atoms with van der Waals surface area (Å²) in [6.45, 7) is 2.15. The van der Waals surface area contributed by atoms with E-state index in [2.05, 4.69) is 10.6 Å². The molecule has 114 valence electrons. The molecule has 1 saturated carbocycles. The minimum Gasteiger partial charge on any atom is -0.497 e. The van der Waals surface area contributed by atoms with Gasteiger partial charge < -0.3 is 20.1 Å². The Morgan fingerprint density at radius 3 is 2.95 bits per heavy atom. The molecule has 1 amide bonds. The fourth-order valence-corrected chi connectivity index (χ4v) is 2.63. The highest BCUT2D eigenvalue weighted by Crippen LogP contribution is 2.34. The Hall–Kier alpha value is -1.75.